The van der Waals surface area contributed by atoms with Crippen molar-refractivity contribution in [3.8, 4) is 5.69 Å². The fourth-order valence-corrected chi connectivity index (χ4v) is 2.61. The zero-order valence-electron chi connectivity index (χ0n) is 11.0. The van der Waals surface area contributed by atoms with Crippen LogP contribution in [-0.4, -0.2) is 33.7 Å². The third-order valence-electron chi connectivity index (χ3n) is 3.14. The van der Waals surface area contributed by atoms with E-state index in [4.69, 9.17) is 4.55 Å². The quantitative estimate of drug-likeness (QED) is 0.743. The Morgan fingerprint density at radius 3 is 2.67 bits per heavy atom. The van der Waals surface area contributed by atoms with Gasteiger partial charge in [0.05, 0.1) is 23.3 Å². The van der Waals surface area contributed by atoms with Crippen molar-refractivity contribution in [2.75, 3.05) is 5.75 Å². The molecule has 7 heteroatoms. The molecule has 6 nitrogen and oxygen atoms in total. The first-order valence-corrected chi connectivity index (χ1v) is 7.98. The summed E-state index contributed by atoms with van der Waals surface area (Å²) in [5.41, 5.74) is 1.34. The SMILES string of the molecule is O=S(=O)(O)CCc1cnn(-c2cccc3ccccc23)n1. The smallest absolute Gasteiger partial charge is 0.265 e. The fourth-order valence-electron chi connectivity index (χ4n) is 2.14. The van der Waals surface area contributed by atoms with E-state index >= 15 is 0 Å². The van der Waals surface area contributed by atoms with Crippen molar-refractivity contribution >= 4 is 20.9 Å². The molecule has 0 bridgehead atoms. The topological polar surface area (TPSA) is 85.1 Å². The summed E-state index contributed by atoms with van der Waals surface area (Å²) in [7, 11) is -3.99. The van der Waals surface area contributed by atoms with E-state index in [-0.39, 0.29) is 12.2 Å². The average molecular weight is 303 g/mol. The van der Waals surface area contributed by atoms with Crippen LogP contribution in [0.1, 0.15) is 5.69 Å². The molecule has 0 saturated carbocycles. The van der Waals surface area contributed by atoms with Gasteiger partial charge in [0, 0.05) is 11.8 Å². The summed E-state index contributed by atoms with van der Waals surface area (Å²) in [5.74, 6) is -0.360. The second-order valence-corrected chi connectivity index (χ2v) is 6.23. The number of rotatable bonds is 4. The zero-order valence-corrected chi connectivity index (χ0v) is 11.9. The molecule has 0 spiro atoms. The summed E-state index contributed by atoms with van der Waals surface area (Å²) in [6.45, 7) is 0. The van der Waals surface area contributed by atoms with E-state index in [9.17, 15) is 8.42 Å². The van der Waals surface area contributed by atoms with Crippen molar-refractivity contribution in [1.29, 1.82) is 0 Å². The summed E-state index contributed by atoms with van der Waals surface area (Å²) in [4.78, 5) is 1.47. The highest BCUT2D eigenvalue weighted by atomic mass is 32.2. The maximum atomic E-state index is 10.8. The van der Waals surface area contributed by atoms with E-state index in [1.54, 1.807) is 0 Å². The van der Waals surface area contributed by atoms with Crippen LogP contribution < -0.4 is 0 Å². The minimum Gasteiger partial charge on any atom is -0.286 e. The predicted octanol–water partition coefficient (Wildman–Crippen LogP) is 1.85. The first-order chi connectivity index (χ1) is 10.0. The number of benzene rings is 2. The van der Waals surface area contributed by atoms with Crippen LogP contribution in [0.15, 0.2) is 48.7 Å². The average Bonchev–Trinajstić information content (AvgIpc) is 2.92. The number of aryl methyl sites for hydroxylation is 1. The van der Waals surface area contributed by atoms with Gasteiger partial charge in [-0.2, -0.15) is 23.4 Å². The molecule has 21 heavy (non-hydrogen) atoms. The van der Waals surface area contributed by atoms with Crippen molar-refractivity contribution < 1.29 is 13.0 Å². The molecular formula is C14H13N3O3S. The Kier molecular flexibility index (Phi) is 3.44. The standard InChI is InChI=1S/C14H13N3O3S/c18-21(19,20)9-8-12-10-15-17(16-12)14-7-3-5-11-4-1-2-6-13(11)14/h1-7,10H,8-9H2,(H,18,19,20). The van der Waals surface area contributed by atoms with Crippen LogP contribution in [0, 0.1) is 0 Å². The van der Waals surface area contributed by atoms with E-state index in [2.05, 4.69) is 10.2 Å². The van der Waals surface area contributed by atoms with Crippen LogP contribution in [0.25, 0.3) is 16.5 Å². The van der Waals surface area contributed by atoms with Crippen molar-refractivity contribution in [2.24, 2.45) is 0 Å². The molecule has 0 aliphatic rings. The number of hydrogen-bond donors (Lipinski definition) is 1. The lowest BCUT2D eigenvalue weighted by atomic mass is 10.1. The van der Waals surface area contributed by atoms with E-state index in [0.717, 1.165) is 16.5 Å². The summed E-state index contributed by atoms with van der Waals surface area (Å²) < 4.78 is 30.3. The molecule has 0 radical (unpaired) electrons. The second-order valence-electron chi connectivity index (χ2n) is 4.66. The first kappa shape index (κ1) is 13.7. The fraction of sp³-hybridized carbons (Fsp3) is 0.143. The van der Waals surface area contributed by atoms with Gasteiger partial charge in [0.25, 0.3) is 10.1 Å². The maximum Gasteiger partial charge on any atom is 0.265 e. The summed E-state index contributed by atoms with van der Waals surface area (Å²) in [6.07, 6.45) is 1.64. The number of nitrogens with zero attached hydrogens (tertiary/aromatic N) is 3. The van der Waals surface area contributed by atoms with Gasteiger partial charge in [-0.05, 0) is 11.5 Å². The molecular weight excluding hydrogens is 290 g/mol. The lowest BCUT2D eigenvalue weighted by Gasteiger charge is -2.04. The van der Waals surface area contributed by atoms with Gasteiger partial charge in [-0.15, -0.1) is 0 Å². The molecule has 0 unspecified atom stereocenters. The third kappa shape index (κ3) is 3.09. The van der Waals surface area contributed by atoms with Gasteiger partial charge < -0.3 is 0 Å². The largest absolute Gasteiger partial charge is 0.286 e. The second kappa shape index (κ2) is 5.27. The van der Waals surface area contributed by atoms with Gasteiger partial charge in [0.15, 0.2) is 0 Å². The zero-order chi connectivity index (χ0) is 14.9. The van der Waals surface area contributed by atoms with Gasteiger partial charge in [-0.1, -0.05) is 36.4 Å². The molecule has 2 aromatic carbocycles. The molecule has 1 N–H and O–H groups in total. The Balaban J connectivity index is 1.95. The molecule has 0 amide bonds. The first-order valence-electron chi connectivity index (χ1n) is 6.37. The van der Waals surface area contributed by atoms with Crippen LogP contribution in [0.4, 0.5) is 0 Å². The van der Waals surface area contributed by atoms with Gasteiger partial charge in [-0.3, -0.25) is 4.55 Å². The highest BCUT2D eigenvalue weighted by Crippen LogP contribution is 2.20. The minimum atomic E-state index is -3.99. The van der Waals surface area contributed by atoms with Gasteiger partial charge in [-0.25, -0.2) is 0 Å². The summed E-state index contributed by atoms with van der Waals surface area (Å²) in [5, 5.41) is 10.5. The van der Waals surface area contributed by atoms with Gasteiger partial charge in [0.2, 0.25) is 0 Å². The highest BCUT2D eigenvalue weighted by molar-refractivity contribution is 7.85. The van der Waals surface area contributed by atoms with Crippen LogP contribution in [0.3, 0.4) is 0 Å². The lowest BCUT2D eigenvalue weighted by molar-refractivity contribution is 0.482. The molecule has 0 aliphatic heterocycles. The Morgan fingerprint density at radius 2 is 1.86 bits per heavy atom. The molecule has 3 aromatic rings. The van der Waals surface area contributed by atoms with Gasteiger partial charge in [0.1, 0.15) is 0 Å². The summed E-state index contributed by atoms with van der Waals surface area (Å²) in [6, 6.07) is 13.7. The lowest BCUT2D eigenvalue weighted by Crippen LogP contribution is -2.07. The van der Waals surface area contributed by atoms with Crippen molar-refractivity contribution in [2.45, 2.75) is 6.42 Å². The Hall–Kier alpha value is -2.25. The van der Waals surface area contributed by atoms with Crippen LogP contribution >= 0.6 is 0 Å². The Morgan fingerprint density at radius 1 is 1.10 bits per heavy atom. The van der Waals surface area contributed by atoms with E-state index in [1.165, 1.54) is 11.0 Å². The van der Waals surface area contributed by atoms with Crippen LogP contribution in [0.2, 0.25) is 0 Å². The van der Waals surface area contributed by atoms with Crippen molar-refractivity contribution in [3.05, 3.63) is 54.4 Å². The molecule has 0 fully saturated rings. The summed E-state index contributed by atoms with van der Waals surface area (Å²) >= 11 is 0. The molecule has 0 saturated heterocycles. The number of hydrogen-bond acceptors (Lipinski definition) is 4. The predicted molar refractivity (Wildman–Crippen MR) is 79.0 cm³/mol. The molecule has 1 aromatic heterocycles. The molecule has 1 heterocycles. The van der Waals surface area contributed by atoms with Crippen LogP contribution in [0.5, 0.6) is 0 Å². The van der Waals surface area contributed by atoms with Crippen molar-refractivity contribution in [3.63, 3.8) is 0 Å². The molecule has 0 atom stereocenters. The Bertz CT molecular complexity index is 882. The normalized spacial score (nSPS) is 11.9. The Labute approximate surface area is 121 Å². The van der Waals surface area contributed by atoms with Gasteiger partial charge >= 0.3 is 0 Å². The maximum absolute atomic E-state index is 10.8. The molecule has 108 valence electrons. The highest BCUT2D eigenvalue weighted by Gasteiger charge is 2.10. The van der Waals surface area contributed by atoms with Crippen molar-refractivity contribution in [1.82, 2.24) is 15.0 Å². The van der Waals surface area contributed by atoms with E-state index < -0.39 is 10.1 Å². The third-order valence-corrected chi connectivity index (χ3v) is 3.86. The van der Waals surface area contributed by atoms with Crippen LogP contribution in [-0.2, 0) is 16.5 Å². The van der Waals surface area contributed by atoms with E-state index in [1.807, 2.05) is 42.5 Å². The molecule has 0 aliphatic carbocycles. The number of aromatic nitrogens is 3. The monoisotopic (exact) mass is 303 g/mol. The molecule has 3 rings (SSSR count). The number of fused-ring (bicyclic) bond motifs is 1. The van der Waals surface area contributed by atoms with E-state index in [0.29, 0.717) is 5.69 Å². The minimum absolute atomic E-state index is 0.129.